The molecule has 0 saturated carbocycles. The molecule has 0 N–H and O–H groups in total. The van der Waals surface area contributed by atoms with Gasteiger partial charge in [0, 0.05) is 23.9 Å². The van der Waals surface area contributed by atoms with Crippen molar-refractivity contribution in [3.8, 4) is 0 Å². The zero-order valence-electron chi connectivity index (χ0n) is 9.73. The van der Waals surface area contributed by atoms with E-state index in [2.05, 4.69) is 4.98 Å². The lowest BCUT2D eigenvalue weighted by Crippen LogP contribution is -2.10. The van der Waals surface area contributed by atoms with E-state index in [1.807, 2.05) is 0 Å². The van der Waals surface area contributed by atoms with Crippen molar-refractivity contribution in [1.82, 2.24) is 4.98 Å². The average Bonchev–Trinajstić information content (AvgIpc) is 2.41. The fraction of sp³-hybridized carbons (Fsp3) is 0.143. The van der Waals surface area contributed by atoms with E-state index >= 15 is 0 Å². The van der Waals surface area contributed by atoms with Gasteiger partial charge in [-0.25, -0.2) is 4.39 Å². The van der Waals surface area contributed by atoms with Gasteiger partial charge in [0.1, 0.15) is 5.82 Å². The summed E-state index contributed by atoms with van der Waals surface area (Å²) in [6.45, 7) is 1.76. The first-order valence-electron chi connectivity index (χ1n) is 5.49. The number of carbonyl (C=O) groups is 1. The molecule has 1 aromatic heterocycles. The van der Waals surface area contributed by atoms with Crippen LogP contribution in [-0.2, 0) is 0 Å². The summed E-state index contributed by atoms with van der Waals surface area (Å²) in [5.41, 5.74) is 1.04. The van der Waals surface area contributed by atoms with Gasteiger partial charge in [-0.2, -0.15) is 0 Å². The van der Waals surface area contributed by atoms with Crippen molar-refractivity contribution in [3.05, 3.63) is 64.7 Å². The fourth-order valence-electron chi connectivity index (χ4n) is 1.73. The quantitative estimate of drug-likeness (QED) is 0.787. The number of hydrogen-bond donors (Lipinski definition) is 0. The van der Waals surface area contributed by atoms with E-state index in [0.29, 0.717) is 0 Å². The molecule has 1 heterocycles. The second-order valence-electron chi connectivity index (χ2n) is 3.97. The van der Waals surface area contributed by atoms with Crippen LogP contribution in [0.15, 0.2) is 42.7 Å². The molecule has 92 valence electrons. The lowest BCUT2D eigenvalue weighted by atomic mass is 9.93. The number of halogens is 2. The average molecular weight is 264 g/mol. The smallest absolute Gasteiger partial charge is 0.171 e. The van der Waals surface area contributed by atoms with Gasteiger partial charge in [0.15, 0.2) is 5.78 Å². The normalized spacial score (nSPS) is 12.2. The number of benzene rings is 1. The molecule has 0 fully saturated rings. The van der Waals surface area contributed by atoms with E-state index in [1.165, 1.54) is 18.2 Å². The Bertz CT molecular complexity index is 571. The van der Waals surface area contributed by atoms with Gasteiger partial charge >= 0.3 is 0 Å². The first-order valence-corrected chi connectivity index (χ1v) is 5.87. The number of nitrogens with zero attached hydrogens (tertiary/aromatic N) is 1. The third kappa shape index (κ3) is 2.41. The number of carbonyl (C=O) groups excluding carboxylic acids is 1. The number of aromatic nitrogens is 1. The summed E-state index contributed by atoms with van der Waals surface area (Å²) in [6, 6.07) is 7.76. The Morgan fingerprint density at radius 2 is 1.94 bits per heavy atom. The molecule has 0 aliphatic carbocycles. The van der Waals surface area contributed by atoms with Crippen molar-refractivity contribution < 1.29 is 9.18 Å². The first-order chi connectivity index (χ1) is 8.61. The van der Waals surface area contributed by atoms with Crippen LogP contribution in [-0.4, -0.2) is 10.8 Å². The second-order valence-corrected chi connectivity index (χ2v) is 4.35. The molecule has 0 bridgehead atoms. The molecule has 2 nitrogen and oxygen atoms in total. The second kappa shape index (κ2) is 5.27. The van der Waals surface area contributed by atoms with Crippen LogP contribution in [0.2, 0.25) is 5.02 Å². The molecule has 1 atom stereocenters. The monoisotopic (exact) mass is 263 g/mol. The lowest BCUT2D eigenvalue weighted by Gasteiger charge is -2.11. The van der Waals surface area contributed by atoms with Crippen molar-refractivity contribution in [2.75, 3.05) is 0 Å². The zero-order valence-corrected chi connectivity index (χ0v) is 10.5. The van der Waals surface area contributed by atoms with Crippen LogP contribution >= 0.6 is 11.6 Å². The van der Waals surface area contributed by atoms with Gasteiger partial charge in [-0.05, 0) is 29.8 Å². The van der Waals surface area contributed by atoms with E-state index in [4.69, 9.17) is 11.6 Å². The summed E-state index contributed by atoms with van der Waals surface area (Å²) < 4.78 is 13.3. The first kappa shape index (κ1) is 12.7. The van der Waals surface area contributed by atoms with Crippen LogP contribution in [0.25, 0.3) is 0 Å². The van der Waals surface area contributed by atoms with Gasteiger partial charge in [0.25, 0.3) is 0 Å². The molecule has 0 radical (unpaired) electrons. The molecule has 0 spiro atoms. The Balaban J connectivity index is 2.35. The van der Waals surface area contributed by atoms with E-state index < -0.39 is 5.82 Å². The summed E-state index contributed by atoms with van der Waals surface area (Å²) in [4.78, 5) is 16.1. The summed E-state index contributed by atoms with van der Waals surface area (Å²) >= 11 is 5.81. The van der Waals surface area contributed by atoms with Crippen LogP contribution in [0.3, 0.4) is 0 Å². The van der Waals surface area contributed by atoms with E-state index in [-0.39, 0.29) is 22.3 Å². The van der Waals surface area contributed by atoms with Gasteiger partial charge in [0.05, 0.1) is 5.02 Å². The Labute approximate surface area is 109 Å². The maximum Gasteiger partial charge on any atom is 0.171 e. The van der Waals surface area contributed by atoms with Gasteiger partial charge in [-0.15, -0.1) is 0 Å². The summed E-state index contributed by atoms with van der Waals surface area (Å²) in [5.74, 6) is -1.16. The molecule has 0 aliphatic rings. The van der Waals surface area contributed by atoms with Crippen LogP contribution in [0.4, 0.5) is 4.39 Å². The third-order valence-corrected chi connectivity index (χ3v) is 3.20. The molecule has 1 aromatic carbocycles. The van der Waals surface area contributed by atoms with Crippen molar-refractivity contribution in [2.24, 2.45) is 0 Å². The molecule has 0 aliphatic heterocycles. The number of pyridine rings is 1. The van der Waals surface area contributed by atoms with Crippen LogP contribution in [0.5, 0.6) is 0 Å². The summed E-state index contributed by atoms with van der Waals surface area (Å²) in [5, 5.41) is -0.122. The third-order valence-electron chi connectivity index (χ3n) is 2.82. The number of Topliss-reactive ketones (excluding diaryl/α,β-unsaturated/α-hetero) is 1. The van der Waals surface area contributed by atoms with Gasteiger partial charge < -0.3 is 0 Å². The Hall–Kier alpha value is -1.74. The Morgan fingerprint density at radius 3 is 2.61 bits per heavy atom. The Kier molecular flexibility index (Phi) is 3.72. The van der Waals surface area contributed by atoms with Crippen LogP contribution in [0.1, 0.15) is 28.8 Å². The van der Waals surface area contributed by atoms with Crippen LogP contribution in [0, 0.1) is 5.82 Å². The number of hydrogen-bond acceptors (Lipinski definition) is 2. The highest BCUT2D eigenvalue weighted by Gasteiger charge is 2.20. The van der Waals surface area contributed by atoms with Crippen molar-refractivity contribution in [1.29, 1.82) is 0 Å². The highest BCUT2D eigenvalue weighted by molar-refractivity contribution is 6.34. The maximum absolute atomic E-state index is 13.3. The van der Waals surface area contributed by atoms with Gasteiger partial charge in [-0.1, -0.05) is 24.6 Å². The minimum atomic E-state index is -0.579. The number of ketones is 1. The minimum absolute atomic E-state index is 0.122. The summed E-state index contributed by atoms with van der Waals surface area (Å²) in [6.07, 6.45) is 3.23. The van der Waals surface area contributed by atoms with E-state index in [9.17, 15) is 9.18 Å². The van der Waals surface area contributed by atoms with E-state index in [0.717, 1.165) is 5.56 Å². The van der Waals surface area contributed by atoms with Crippen molar-refractivity contribution >= 4 is 17.4 Å². The number of rotatable bonds is 3. The molecule has 18 heavy (non-hydrogen) atoms. The maximum atomic E-state index is 13.3. The Morgan fingerprint density at radius 1 is 1.28 bits per heavy atom. The van der Waals surface area contributed by atoms with Gasteiger partial charge in [0.2, 0.25) is 0 Å². The SMILES string of the molecule is CC(C(=O)c1cccc(F)c1Cl)c1ccncc1. The summed E-state index contributed by atoms with van der Waals surface area (Å²) in [7, 11) is 0. The molecule has 4 heteroatoms. The molecule has 2 aromatic rings. The largest absolute Gasteiger partial charge is 0.293 e. The minimum Gasteiger partial charge on any atom is -0.293 e. The topological polar surface area (TPSA) is 30.0 Å². The van der Waals surface area contributed by atoms with E-state index in [1.54, 1.807) is 31.5 Å². The standard InChI is InChI=1S/C14H11ClFNO/c1-9(10-5-7-17-8-6-10)14(18)11-3-2-4-12(16)13(11)15/h2-9H,1H3. The van der Waals surface area contributed by atoms with Crippen LogP contribution < -0.4 is 0 Å². The highest BCUT2D eigenvalue weighted by Crippen LogP contribution is 2.26. The molecule has 0 saturated heterocycles. The molecule has 2 rings (SSSR count). The molecule has 0 amide bonds. The fourth-order valence-corrected chi connectivity index (χ4v) is 1.95. The molecular weight excluding hydrogens is 253 g/mol. The van der Waals surface area contributed by atoms with Crippen molar-refractivity contribution in [2.45, 2.75) is 12.8 Å². The molecular formula is C14H11ClFNO. The van der Waals surface area contributed by atoms with Gasteiger partial charge in [-0.3, -0.25) is 9.78 Å². The predicted molar refractivity (Wildman–Crippen MR) is 68.4 cm³/mol. The highest BCUT2D eigenvalue weighted by atomic mass is 35.5. The molecule has 1 unspecified atom stereocenters. The lowest BCUT2D eigenvalue weighted by molar-refractivity contribution is 0.0966. The zero-order chi connectivity index (χ0) is 13.1. The van der Waals surface area contributed by atoms with Crippen molar-refractivity contribution in [3.63, 3.8) is 0 Å². The predicted octanol–water partition coefficient (Wildman–Crippen LogP) is 3.86.